The number of esters is 1. The van der Waals surface area contributed by atoms with Crippen LogP contribution in [0.25, 0.3) is 0 Å². The highest BCUT2D eigenvalue weighted by Crippen LogP contribution is 2.49. The Morgan fingerprint density at radius 2 is 1.46 bits per heavy atom. The molecule has 0 bridgehead atoms. The summed E-state index contributed by atoms with van der Waals surface area (Å²) in [5.41, 5.74) is -0.294. The lowest BCUT2D eigenvalue weighted by molar-refractivity contribution is -0.247. The lowest BCUT2D eigenvalue weighted by atomic mass is 9.79. The Morgan fingerprint density at radius 3 is 1.98 bits per heavy atom. The van der Waals surface area contributed by atoms with Gasteiger partial charge in [-0.3, -0.25) is 9.36 Å². The van der Waals surface area contributed by atoms with E-state index >= 15 is 0 Å². The molecule has 308 valence electrons. The minimum absolute atomic E-state index is 0.00138. The molecule has 1 aliphatic heterocycles. The van der Waals surface area contributed by atoms with E-state index in [1.54, 1.807) is 68.4 Å². The van der Waals surface area contributed by atoms with Crippen molar-refractivity contribution in [2.75, 3.05) is 32.8 Å². The summed E-state index contributed by atoms with van der Waals surface area (Å²) in [6.45, 7) is 2.34. The number of carbonyl (C=O) groups is 2. The molecule has 0 radical (unpaired) electrons. The number of amides is 1. The SMILES string of the molecule is CCOC(=O)CO[C@H]1[C@H](n2ccc(NC(=O)c3ccccc3)nc2=O)O[C@H](C(C)OC(c2ccccc2)(c2ccc(OC)cc2)c2ccc(OC)cc2)[C@@]1(O)O[P+](=O)O. The van der Waals surface area contributed by atoms with Crippen molar-refractivity contribution >= 4 is 25.9 Å². The Hall–Kier alpha value is -5.84. The Balaban J connectivity index is 1.46. The second kappa shape index (κ2) is 18.8. The van der Waals surface area contributed by atoms with Gasteiger partial charge in [0.05, 0.1) is 26.9 Å². The van der Waals surface area contributed by atoms with Gasteiger partial charge in [0.2, 0.25) is 0 Å². The fourth-order valence-corrected chi connectivity index (χ4v) is 7.42. The molecule has 2 heterocycles. The number of nitrogens with zero attached hydrogens (tertiary/aromatic N) is 2. The van der Waals surface area contributed by atoms with Crippen LogP contribution in [-0.4, -0.2) is 83.0 Å². The summed E-state index contributed by atoms with van der Waals surface area (Å²) >= 11 is 0. The fourth-order valence-electron chi connectivity index (χ4n) is 6.96. The first-order valence-corrected chi connectivity index (χ1v) is 19.5. The molecule has 1 aromatic heterocycles. The third-order valence-corrected chi connectivity index (χ3v) is 10.1. The second-order valence-electron chi connectivity index (χ2n) is 13.2. The topological polar surface area (TPSA) is 203 Å². The Bertz CT molecular complexity index is 2230. The van der Waals surface area contributed by atoms with Crippen LogP contribution in [0.5, 0.6) is 11.5 Å². The van der Waals surface area contributed by atoms with E-state index in [1.807, 2.05) is 54.6 Å². The molecular weight excluding hydrogens is 785 g/mol. The summed E-state index contributed by atoms with van der Waals surface area (Å²) in [6.07, 6.45) is -5.29. The highest BCUT2D eigenvalue weighted by molar-refractivity contribution is 7.32. The zero-order valence-corrected chi connectivity index (χ0v) is 33.4. The van der Waals surface area contributed by atoms with E-state index in [1.165, 1.54) is 26.5 Å². The summed E-state index contributed by atoms with van der Waals surface area (Å²) in [5.74, 6) is -3.21. The molecule has 6 atom stereocenters. The van der Waals surface area contributed by atoms with E-state index in [0.29, 0.717) is 33.8 Å². The van der Waals surface area contributed by atoms with Crippen LogP contribution in [0.3, 0.4) is 0 Å². The Morgan fingerprint density at radius 1 is 0.898 bits per heavy atom. The van der Waals surface area contributed by atoms with Crippen LogP contribution in [0.15, 0.2) is 126 Å². The number of benzene rings is 4. The number of ether oxygens (including phenoxy) is 6. The molecule has 0 aliphatic carbocycles. The van der Waals surface area contributed by atoms with Gasteiger partial charge in [0.25, 0.3) is 11.7 Å². The van der Waals surface area contributed by atoms with Crippen molar-refractivity contribution in [3.8, 4) is 11.5 Å². The largest absolute Gasteiger partial charge is 0.697 e. The van der Waals surface area contributed by atoms with Crippen LogP contribution in [0.2, 0.25) is 0 Å². The van der Waals surface area contributed by atoms with Crippen molar-refractivity contribution in [1.29, 1.82) is 0 Å². The zero-order chi connectivity index (χ0) is 42.2. The van der Waals surface area contributed by atoms with Gasteiger partial charge in [-0.05, 0) is 73.0 Å². The molecule has 3 N–H and O–H groups in total. The molecule has 0 spiro atoms. The summed E-state index contributed by atoms with van der Waals surface area (Å²) in [6, 6.07) is 33.0. The van der Waals surface area contributed by atoms with Crippen molar-refractivity contribution < 1.29 is 57.1 Å². The van der Waals surface area contributed by atoms with Gasteiger partial charge >= 0.3 is 19.9 Å². The predicted octanol–water partition coefficient (Wildman–Crippen LogP) is 5.11. The molecular formula is C42H43N3O13P+. The van der Waals surface area contributed by atoms with E-state index in [4.69, 9.17) is 32.9 Å². The van der Waals surface area contributed by atoms with Gasteiger partial charge in [-0.2, -0.15) is 4.98 Å². The molecule has 1 fully saturated rings. The average molecular weight is 829 g/mol. The smallest absolute Gasteiger partial charge is 0.497 e. The number of hydrogen-bond acceptors (Lipinski definition) is 13. The summed E-state index contributed by atoms with van der Waals surface area (Å²) in [4.78, 5) is 53.3. The van der Waals surface area contributed by atoms with E-state index in [9.17, 15) is 28.9 Å². The lowest BCUT2D eigenvalue weighted by Gasteiger charge is -2.40. The third kappa shape index (κ3) is 9.24. The summed E-state index contributed by atoms with van der Waals surface area (Å²) in [5, 5.41) is 15.0. The molecule has 16 nitrogen and oxygen atoms in total. The molecule has 1 amide bonds. The lowest BCUT2D eigenvalue weighted by Crippen LogP contribution is -2.55. The van der Waals surface area contributed by atoms with Crippen LogP contribution < -0.4 is 20.5 Å². The van der Waals surface area contributed by atoms with Crippen LogP contribution >= 0.6 is 8.25 Å². The molecule has 59 heavy (non-hydrogen) atoms. The molecule has 6 rings (SSSR count). The zero-order valence-electron chi connectivity index (χ0n) is 32.5. The number of methoxy groups -OCH3 is 2. The molecule has 17 heteroatoms. The molecule has 2 unspecified atom stereocenters. The first-order valence-electron chi connectivity index (χ1n) is 18.4. The first-order chi connectivity index (χ1) is 28.4. The number of aromatic nitrogens is 2. The van der Waals surface area contributed by atoms with Gasteiger partial charge in [-0.25, -0.2) is 9.59 Å². The van der Waals surface area contributed by atoms with E-state index in [-0.39, 0.29) is 12.4 Å². The Kier molecular flexibility index (Phi) is 13.6. The first kappa shape index (κ1) is 42.8. The highest BCUT2D eigenvalue weighted by Gasteiger charge is 2.66. The van der Waals surface area contributed by atoms with Crippen molar-refractivity contribution in [2.45, 2.75) is 49.8 Å². The standard InChI is InChI=1S/C42H42N3O13P/c1-5-54-35(46)26-55-37-39(45-25-24-34(44-40(45)48)43-38(47)28-12-8-6-9-13-28)56-36(42(37,49)58-59(50)51)27(2)57-41(29-14-10-7-11-15-29,30-16-20-32(52-3)21-17-30)31-18-22-33(53-4)23-19-31/h6-25,27,36-37,39,49H,5,26H2,1-4H3,(H-,43,44,47,48,50,51)/p+1/t27?,36-,37+,39-,42-/m1/s1. The number of carbonyl (C=O) groups excluding carboxylic acids is 2. The van der Waals surface area contributed by atoms with Crippen LogP contribution in [-0.2, 0) is 38.4 Å². The van der Waals surface area contributed by atoms with Gasteiger partial charge in [0.1, 0.15) is 35.6 Å². The van der Waals surface area contributed by atoms with Crippen molar-refractivity contribution in [3.63, 3.8) is 0 Å². The predicted molar refractivity (Wildman–Crippen MR) is 212 cm³/mol. The van der Waals surface area contributed by atoms with Gasteiger partial charge in [-0.15, -0.1) is 4.89 Å². The second-order valence-corrected chi connectivity index (χ2v) is 13.9. The van der Waals surface area contributed by atoms with Gasteiger partial charge in [0, 0.05) is 16.3 Å². The molecule has 0 saturated carbocycles. The minimum Gasteiger partial charge on any atom is -0.497 e. The summed E-state index contributed by atoms with van der Waals surface area (Å²) in [7, 11) is -0.511. The van der Waals surface area contributed by atoms with Crippen molar-refractivity contribution in [3.05, 3.63) is 154 Å². The van der Waals surface area contributed by atoms with Gasteiger partial charge in [-0.1, -0.05) is 77.3 Å². The summed E-state index contributed by atoms with van der Waals surface area (Å²) < 4.78 is 54.1. The maximum Gasteiger partial charge on any atom is 0.697 e. The highest BCUT2D eigenvalue weighted by atomic mass is 31.1. The van der Waals surface area contributed by atoms with E-state index in [2.05, 4.69) is 10.3 Å². The van der Waals surface area contributed by atoms with Crippen molar-refractivity contribution in [1.82, 2.24) is 9.55 Å². The van der Waals surface area contributed by atoms with E-state index in [0.717, 1.165) is 4.57 Å². The van der Waals surface area contributed by atoms with Gasteiger partial charge in [0.15, 0.2) is 12.3 Å². The van der Waals surface area contributed by atoms with Gasteiger partial charge < -0.3 is 38.8 Å². The third-order valence-electron chi connectivity index (χ3n) is 9.61. The quantitative estimate of drug-likeness (QED) is 0.0483. The van der Waals surface area contributed by atoms with E-state index < -0.39 is 68.4 Å². The van der Waals surface area contributed by atoms with Crippen LogP contribution in [0.4, 0.5) is 5.82 Å². The van der Waals surface area contributed by atoms with Crippen LogP contribution in [0, 0.1) is 0 Å². The molecule has 5 aromatic rings. The monoisotopic (exact) mass is 828 g/mol. The van der Waals surface area contributed by atoms with Crippen LogP contribution in [0.1, 0.15) is 47.1 Å². The number of anilines is 1. The number of nitrogens with one attached hydrogen (secondary N) is 1. The molecule has 4 aromatic carbocycles. The number of rotatable bonds is 17. The normalized spacial score (nSPS) is 19.7. The number of hydrogen-bond donors (Lipinski definition) is 3. The maximum absolute atomic E-state index is 13.7. The Labute approximate surface area is 340 Å². The average Bonchev–Trinajstić information content (AvgIpc) is 3.53. The maximum atomic E-state index is 13.7. The molecule has 1 aliphatic rings. The number of aliphatic hydroxyl groups is 1. The minimum atomic E-state index is -3.59. The molecule has 1 saturated heterocycles. The van der Waals surface area contributed by atoms with Crippen molar-refractivity contribution in [2.24, 2.45) is 0 Å². The fraction of sp³-hybridized carbons (Fsp3) is 0.286.